The molecule has 0 aromatic heterocycles. The second-order valence-corrected chi connectivity index (χ2v) is 2.84. The minimum Gasteiger partial charge on any atom is -0.462 e. The first-order valence-corrected chi connectivity index (χ1v) is 4.05. The number of nitrogens with zero attached hydrogens (tertiary/aromatic N) is 1. The first kappa shape index (κ1) is 9.70. The molecule has 0 bridgehead atoms. The van der Waals surface area contributed by atoms with Crippen LogP contribution in [0.15, 0.2) is 0 Å². The number of methoxy groups -OCH3 is 1. The third-order valence-corrected chi connectivity index (χ3v) is 2.08. The highest BCUT2D eigenvalue weighted by molar-refractivity contribution is 6.32. The number of ether oxygens (including phenoxy) is 1. The minimum atomic E-state index is -0.909. The molecule has 13 heavy (non-hydrogen) atoms. The molecule has 72 valence electrons. The molecule has 1 saturated heterocycles. The lowest BCUT2D eigenvalue weighted by atomic mass is 10.2. The van der Waals surface area contributed by atoms with E-state index >= 15 is 0 Å². The fraction of sp³-hybridized carbons (Fsp3) is 0.625. The van der Waals surface area contributed by atoms with E-state index in [1.807, 2.05) is 0 Å². The summed E-state index contributed by atoms with van der Waals surface area (Å²) in [4.78, 5) is 33.8. The lowest BCUT2D eigenvalue weighted by molar-refractivity contribution is -0.158. The summed E-state index contributed by atoms with van der Waals surface area (Å²) in [7, 11) is 1.15. The summed E-state index contributed by atoms with van der Waals surface area (Å²) in [5.41, 5.74) is 0. The van der Waals surface area contributed by atoms with Gasteiger partial charge in [0.2, 0.25) is 0 Å². The first-order chi connectivity index (χ1) is 6.20. The van der Waals surface area contributed by atoms with Crippen LogP contribution < -0.4 is 0 Å². The molecular formula is C8H11NO4. The number of aldehydes is 1. The second-order valence-electron chi connectivity index (χ2n) is 2.84. The standard InChI is InChI=1S/C8H11NO4/c1-13-8(12)7(11)9-4-2-3-6(9)5-10/h5-6H,2-4H2,1H3/t6-/m1/s1. The lowest BCUT2D eigenvalue weighted by Gasteiger charge is -2.18. The van der Waals surface area contributed by atoms with Gasteiger partial charge in [-0.05, 0) is 12.8 Å². The van der Waals surface area contributed by atoms with E-state index in [9.17, 15) is 14.4 Å². The fourth-order valence-electron chi connectivity index (χ4n) is 1.39. The highest BCUT2D eigenvalue weighted by atomic mass is 16.5. The summed E-state index contributed by atoms with van der Waals surface area (Å²) in [5, 5.41) is 0. The van der Waals surface area contributed by atoms with Crippen molar-refractivity contribution in [2.75, 3.05) is 13.7 Å². The van der Waals surface area contributed by atoms with E-state index < -0.39 is 17.9 Å². The number of hydrogen-bond donors (Lipinski definition) is 0. The second kappa shape index (κ2) is 4.02. The van der Waals surface area contributed by atoms with Crippen LogP contribution in [-0.4, -0.2) is 42.8 Å². The molecule has 0 spiro atoms. The Kier molecular flexibility index (Phi) is 3.00. The predicted molar refractivity (Wildman–Crippen MR) is 42.8 cm³/mol. The third kappa shape index (κ3) is 1.85. The molecule has 1 amide bonds. The van der Waals surface area contributed by atoms with Gasteiger partial charge in [0.25, 0.3) is 0 Å². The van der Waals surface area contributed by atoms with Crippen molar-refractivity contribution < 1.29 is 19.1 Å². The van der Waals surface area contributed by atoms with Crippen LogP contribution in [0.4, 0.5) is 0 Å². The zero-order valence-electron chi connectivity index (χ0n) is 7.36. The number of esters is 1. The van der Waals surface area contributed by atoms with E-state index in [0.717, 1.165) is 13.5 Å². The number of carbonyl (C=O) groups is 3. The van der Waals surface area contributed by atoms with Gasteiger partial charge in [0, 0.05) is 6.54 Å². The Morgan fingerprint density at radius 3 is 2.77 bits per heavy atom. The molecule has 1 aliphatic rings. The molecule has 0 N–H and O–H groups in total. The van der Waals surface area contributed by atoms with Crippen molar-refractivity contribution >= 4 is 18.2 Å². The van der Waals surface area contributed by atoms with E-state index in [-0.39, 0.29) is 0 Å². The van der Waals surface area contributed by atoms with Crippen LogP contribution in [0.3, 0.4) is 0 Å². The van der Waals surface area contributed by atoms with E-state index in [1.165, 1.54) is 4.90 Å². The van der Waals surface area contributed by atoms with E-state index in [4.69, 9.17) is 0 Å². The summed E-state index contributed by atoms with van der Waals surface area (Å²) in [6, 6.07) is -0.452. The van der Waals surface area contributed by atoms with Crippen molar-refractivity contribution in [2.24, 2.45) is 0 Å². The van der Waals surface area contributed by atoms with Crippen LogP contribution in [0, 0.1) is 0 Å². The fourth-order valence-corrected chi connectivity index (χ4v) is 1.39. The van der Waals surface area contributed by atoms with Crippen molar-refractivity contribution in [3.05, 3.63) is 0 Å². The van der Waals surface area contributed by atoms with E-state index in [0.29, 0.717) is 19.3 Å². The summed E-state index contributed by atoms with van der Waals surface area (Å²) in [6.45, 7) is 0.456. The first-order valence-electron chi connectivity index (χ1n) is 4.05. The summed E-state index contributed by atoms with van der Waals surface area (Å²) >= 11 is 0. The Balaban J connectivity index is 2.65. The molecule has 1 aliphatic heterocycles. The van der Waals surface area contributed by atoms with Crippen molar-refractivity contribution in [3.63, 3.8) is 0 Å². The lowest BCUT2D eigenvalue weighted by Crippen LogP contribution is -2.41. The highest BCUT2D eigenvalue weighted by Gasteiger charge is 2.32. The number of carbonyl (C=O) groups excluding carboxylic acids is 3. The maximum absolute atomic E-state index is 11.2. The Morgan fingerprint density at radius 2 is 2.23 bits per heavy atom. The average Bonchev–Trinajstić information content (AvgIpc) is 2.62. The molecular weight excluding hydrogens is 174 g/mol. The molecule has 1 fully saturated rings. The molecule has 0 aliphatic carbocycles. The molecule has 0 aromatic rings. The Morgan fingerprint density at radius 1 is 1.54 bits per heavy atom. The van der Waals surface area contributed by atoms with Gasteiger partial charge in [-0.1, -0.05) is 0 Å². The largest absolute Gasteiger partial charge is 0.462 e. The van der Waals surface area contributed by atoms with Crippen molar-refractivity contribution in [3.8, 4) is 0 Å². The van der Waals surface area contributed by atoms with Crippen molar-refractivity contribution in [2.45, 2.75) is 18.9 Å². The molecule has 0 unspecified atom stereocenters. The molecule has 1 atom stereocenters. The van der Waals surface area contributed by atoms with Crippen LogP contribution in [0.5, 0.6) is 0 Å². The summed E-state index contributed by atoms with van der Waals surface area (Å²) in [5.74, 6) is -1.63. The quantitative estimate of drug-likeness (QED) is 0.309. The summed E-state index contributed by atoms with van der Waals surface area (Å²) < 4.78 is 4.27. The molecule has 0 radical (unpaired) electrons. The molecule has 1 rings (SSSR count). The topological polar surface area (TPSA) is 63.7 Å². The number of hydrogen-bond acceptors (Lipinski definition) is 4. The number of rotatable bonds is 1. The van der Waals surface area contributed by atoms with Crippen molar-refractivity contribution in [1.29, 1.82) is 0 Å². The zero-order valence-corrected chi connectivity index (χ0v) is 7.36. The zero-order chi connectivity index (χ0) is 9.84. The van der Waals surface area contributed by atoms with Gasteiger partial charge in [0.15, 0.2) is 0 Å². The van der Waals surface area contributed by atoms with E-state index in [2.05, 4.69) is 4.74 Å². The van der Waals surface area contributed by atoms with Gasteiger partial charge in [-0.25, -0.2) is 4.79 Å². The van der Waals surface area contributed by atoms with Crippen LogP contribution in [0.25, 0.3) is 0 Å². The SMILES string of the molecule is COC(=O)C(=O)N1CCC[C@@H]1C=O. The predicted octanol–water partition coefficient (Wildman–Crippen LogP) is -0.651. The maximum Gasteiger partial charge on any atom is 0.396 e. The Labute approximate surface area is 75.6 Å². The van der Waals surface area contributed by atoms with Gasteiger partial charge < -0.3 is 14.4 Å². The monoisotopic (exact) mass is 185 g/mol. The number of amides is 1. The normalized spacial score (nSPS) is 21.3. The highest BCUT2D eigenvalue weighted by Crippen LogP contribution is 2.15. The molecule has 0 saturated carbocycles. The molecule has 5 nitrogen and oxygen atoms in total. The van der Waals surface area contributed by atoms with Crippen LogP contribution in [-0.2, 0) is 19.1 Å². The van der Waals surface area contributed by atoms with Gasteiger partial charge in [0.05, 0.1) is 13.2 Å². The van der Waals surface area contributed by atoms with Crippen LogP contribution in [0.2, 0.25) is 0 Å². The van der Waals surface area contributed by atoms with Gasteiger partial charge in [-0.3, -0.25) is 4.79 Å². The molecule has 5 heteroatoms. The van der Waals surface area contributed by atoms with E-state index in [1.54, 1.807) is 0 Å². The Hall–Kier alpha value is -1.39. The van der Waals surface area contributed by atoms with Gasteiger partial charge in [0.1, 0.15) is 6.29 Å². The maximum atomic E-state index is 11.2. The van der Waals surface area contributed by atoms with Crippen LogP contribution >= 0.6 is 0 Å². The molecule has 1 heterocycles. The third-order valence-electron chi connectivity index (χ3n) is 2.08. The Bertz CT molecular complexity index is 238. The number of likely N-dealkylation sites (tertiary alicyclic amines) is 1. The molecule has 0 aromatic carbocycles. The van der Waals surface area contributed by atoms with Gasteiger partial charge >= 0.3 is 11.9 Å². The minimum absolute atomic E-state index is 0.452. The van der Waals surface area contributed by atoms with Gasteiger partial charge in [-0.2, -0.15) is 0 Å². The summed E-state index contributed by atoms with van der Waals surface area (Å²) in [6.07, 6.45) is 2.08. The smallest absolute Gasteiger partial charge is 0.396 e. The van der Waals surface area contributed by atoms with Crippen molar-refractivity contribution in [1.82, 2.24) is 4.90 Å². The average molecular weight is 185 g/mol. The van der Waals surface area contributed by atoms with Crippen LogP contribution in [0.1, 0.15) is 12.8 Å². The van der Waals surface area contributed by atoms with Gasteiger partial charge in [-0.15, -0.1) is 0 Å².